The lowest BCUT2D eigenvalue weighted by Crippen LogP contribution is -2.50. The van der Waals surface area contributed by atoms with E-state index >= 15 is 0 Å². The number of para-hydroxylation sites is 1. The zero-order valence-electron chi connectivity index (χ0n) is 21.5. The smallest absolute Gasteiger partial charge is 0.326 e. The molecule has 0 aromatic heterocycles. The highest BCUT2D eigenvalue weighted by atomic mass is 19.4. The van der Waals surface area contributed by atoms with Gasteiger partial charge in [0, 0.05) is 17.2 Å². The van der Waals surface area contributed by atoms with Crippen molar-refractivity contribution < 1.29 is 35.9 Å². The summed E-state index contributed by atoms with van der Waals surface area (Å²) >= 11 is 0. The van der Waals surface area contributed by atoms with Gasteiger partial charge in [0.2, 0.25) is 12.1 Å². The minimum absolute atomic E-state index is 0.0214. The van der Waals surface area contributed by atoms with Gasteiger partial charge in [0.05, 0.1) is 28.9 Å². The summed E-state index contributed by atoms with van der Waals surface area (Å²) in [4.78, 5) is 32.8. The third-order valence-electron chi connectivity index (χ3n) is 6.62. The van der Waals surface area contributed by atoms with Crippen LogP contribution < -0.4 is 10.2 Å². The Morgan fingerprint density at radius 2 is 1.60 bits per heavy atom. The van der Waals surface area contributed by atoms with E-state index in [2.05, 4.69) is 10.3 Å². The van der Waals surface area contributed by atoms with Gasteiger partial charge in [-0.15, -0.1) is 0 Å². The monoisotopic (exact) mass is 561 g/mol. The maximum Gasteiger partial charge on any atom is 0.416 e. The third kappa shape index (κ3) is 6.03. The molecule has 11 heteroatoms. The molecule has 0 saturated carbocycles. The fourth-order valence-electron chi connectivity index (χ4n) is 4.49. The highest BCUT2D eigenvalue weighted by Crippen LogP contribution is 2.37. The van der Waals surface area contributed by atoms with E-state index in [9.17, 15) is 35.9 Å². The molecule has 0 bridgehead atoms. The Bertz CT molecular complexity index is 1430. The summed E-state index contributed by atoms with van der Waals surface area (Å²) in [7, 11) is 0. The van der Waals surface area contributed by atoms with E-state index in [4.69, 9.17) is 0 Å². The number of amides is 2. The second-order valence-corrected chi connectivity index (χ2v) is 9.34. The molecule has 2 amide bonds. The number of benzene rings is 3. The van der Waals surface area contributed by atoms with Crippen LogP contribution in [0.2, 0.25) is 0 Å². The molecule has 1 aliphatic rings. The van der Waals surface area contributed by atoms with Crippen LogP contribution in [0.4, 0.5) is 32.0 Å². The van der Waals surface area contributed by atoms with Gasteiger partial charge in [0.25, 0.3) is 5.91 Å². The van der Waals surface area contributed by atoms with Crippen LogP contribution >= 0.6 is 0 Å². The van der Waals surface area contributed by atoms with Crippen molar-refractivity contribution in [3.8, 4) is 0 Å². The summed E-state index contributed by atoms with van der Waals surface area (Å²) in [5.74, 6) is -1.60. The molecule has 0 saturated heterocycles. The molecule has 1 N–H and O–H groups in total. The summed E-state index contributed by atoms with van der Waals surface area (Å²) in [6.45, 7) is 3.69. The molecule has 1 aliphatic heterocycles. The van der Waals surface area contributed by atoms with Crippen LogP contribution in [0.25, 0.3) is 0 Å². The van der Waals surface area contributed by atoms with E-state index in [0.29, 0.717) is 41.1 Å². The van der Waals surface area contributed by atoms with Crippen molar-refractivity contribution in [1.29, 1.82) is 0 Å². The van der Waals surface area contributed by atoms with Gasteiger partial charge in [-0.3, -0.25) is 9.59 Å². The van der Waals surface area contributed by atoms with Crippen LogP contribution in [0.1, 0.15) is 48.1 Å². The SMILES string of the molecule is CCC(C)N1C(=O)[C@@H](NC(=O)Cc2ccc(C(F)(F)F)cc2C(F)(F)F)N=C(c2ccccc2)c2ccccc21. The molecule has 1 unspecified atom stereocenters. The first-order chi connectivity index (χ1) is 18.8. The van der Waals surface area contributed by atoms with Crippen LogP contribution in [-0.2, 0) is 28.4 Å². The fraction of sp³-hybridized carbons (Fsp3) is 0.276. The third-order valence-corrected chi connectivity index (χ3v) is 6.62. The first kappa shape index (κ1) is 28.8. The number of anilines is 1. The molecule has 0 spiro atoms. The second-order valence-electron chi connectivity index (χ2n) is 9.34. The number of benzodiazepines with no additional fused rings is 1. The summed E-state index contributed by atoms with van der Waals surface area (Å²) in [5.41, 5.74) is -1.49. The van der Waals surface area contributed by atoms with Crippen molar-refractivity contribution in [2.24, 2.45) is 4.99 Å². The van der Waals surface area contributed by atoms with Crippen molar-refractivity contribution in [1.82, 2.24) is 5.32 Å². The zero-order chi connectivity index (χ0) is 29.2. The Hall–Kier alpha value is -4.15. The molecule has 3 aromatic rings. The lowest BCUT2D eigenvalue weighted by molar-refractivity contribution is -0.143. The van der Waals surface area contributed by atoms with Crippen molar-refractivity contribution in [3.05, 3.63) is 101 Å². The molecule has 0 fully saturated rings. The molecule has 3 aromatic carbocycles. The number of carbonyl (C=O) groups excluding carboxylic acids is 2. The minimum Gasteiger partial charge on any atom is -0.326 e. The van der Waals surface area contributed by atoms with Gasteiger partial charge in [-0.2, -0.15) is 26.3 Å². The van der Waals surface area contributed by atoms with Gasteiger partial charge in [-0.05, 0) is 37.1 Å². The Morgan fingerprint density at radius 1 is 0.950 bits per heavy atom. The second kappa shape index (κ2) is 11.1. The van der Waals surface area contributed by atoms with E-state index in [1.54, 1.807) is 54.6 Å². The first-order valence-electron chi connectivity index (χ1n) is 12.4. The van der Waals surface area contributed by atoms with Gasteiger partial charge in [-0.25, -0.2) is 4.99 Å². The Balaban J connectivity index is 1.74. The van der Waals surface area contributed by atoms with Crippen LogP contribution in [0.15, 0.2) is 77.8 Å². The molecule has 0 aliphatic carbocycles. The number of halogens is 6. The topological polar surface area (TPSA) is 61.8 Å². The highest BCUT2D eigenvalue weighted by Gasteiger charge is 2.39. The van der Waals surface area contributed by atoms with E-state index in [1.807, 2.05) is 13.8 Å². The Labute approximate surface area is 226 Å². The summed E-state index contributed by atoms with van der Waals surface area (Å²) in [5, 5.41) is 2.42. The predicted molar refractivity (Wildman–Crippen MR) is 138 cm³/mol. The zero-order valence-corrected chi connectivity index (χ0v) is 21.5. The molecule has 4 rings (SSSR count). The minimum atomic E-state index is -5.14. The number of alkyl halides is 6. The number of hydrogen-bond acceptors (Lipinski definition) is 3. The lowest BCUT2D eigenvalue weighted by Gasteiger charge is -2.30. The van der Waals surface area contributed by atoms with Gasteiger partial charge in [0.15, 0.2) is 0 Å². The number of nitrogens with zero attached hydrogens (tertiary/aromatic N) is 2. The number of fused-ring (bicyclic) bond motifs is 1. The Morgan fingerprint density at radius 3 is 2.23 bits per heavy atom. The molecule has 5 nitrogen and oxygen atoms in total. The summed E-state index contributed by atoms with van der Waals surface area (Å²) < 4.78 is 80.1. The Kier molecular flexibility index (Phi) is 8.04. The maximum atomic E-state index is 13.8. The first-order valence-corrected chi connectivity index (χ1v) is 12.4. The van der Waals surface area contributed by atoms with Crippen molar-refractivity contribution in [2.45, 2.75) is 51.2 Å². The average Bonchev–Trinajstić information content (AvgIpc) is 3.02. The maximum absolute atomic E-state index is 13.8. The number of rotatable bonds is 6. The summed E-state index contributed by atoms with van der Waals surface area (Å²) in [6.07, 6.45) is -12.0. The van der Waals surface area contributed by atoms with Crippen molar-refractivity contribution in [3.63, 3.8) is 0 Å². The van der Waals surface area contributed by atoms with Crippen LogP contribution in [-0.4, -0.2) is 29.7 Å². The standard InChI is InChI=1S/C29H25F6N3O2/c1-3-17(2)38-23-12-8-7-11-21(23)25(18-9-5-4-6-10-18)37-26(27(38)40)36-24(39)15-19-13-14-20(28(30,31)32)16-22(19)29(33,34)35/h4-14,16-17,26H,3,15H2,1-2H3,(H,36,39)/t17?,26-/m0/s1. The van der Waals surface area contributed by atoms with E-state index in [-0.39, 0.29) is 12.1 Å². The molecule has 0 radical (unpaired) electrons. The summed E-state index contributed by atoms with van der Waals surface area (Å²) in [6, 6.07) is 16.7. The van der Waals surface area contributed by atoms with E-state index in [0.717, 1.165) is 0 Å². The average molecular weight is 562 g/mol. The molecular formula is C29H25F6N3O2. The molecule has 1 heterocycles. The number of nitrogens with one attached hydrogen (secondary N) is 1. The quantitative estimate of drug-likeness (QED) is 0.355. The van der Waals surface area contributed by atoms with E-state index < -0.39 is 53.4 Å². The lowest BCUT2D eigenvalue weighted by atomic mass is 9.99. The number of hydrogen-bond donors (Lipinski definition) is 1. The highest BCUT2D eigenvalue weighted by molar-refractivity contribution is 6.20. The van der Waals surface area contributed by atoms with Gasteiger partial charge in [-0.1, -0.05) is 61.5 Å². The van der Waals surface area contributed by atoms with Crippen LogP contribution in [0.5, 0.6) is 0 Å². The van der Waals surface area contributed by atoms with Crippen molar-refractivity contribution >= 4 is 23.2 Å². The van der Waals surface area contributed by atoms with Crippen LogP contribution in [0, 0.1) is 0 Å². The largest absolute Gasteiger partial charge is 0.416 e. The fourth-order valence-corrected chi connectivity index (χ4v) is 4.49. The van der Waals surface area contributed by atoms with Crippen LogP contribution in [0.3, 0.4) is 0 Å². The van der Waals surface area contributed by atoms with Gasteiger partial charge in [0.1, 0.15) is 0 Å². The number of carbonyl (C=O) groups is 2. The van der Waals surface area contributed by atoms with Gasteiger partial charge >= 0.3 is 12.4 Å². The molecule has 40 heavy (non-hydrogen) atoms. The molecular weight excluding hydrogens is 536 g/mol. The molecule has 2 atom stereocenters. The van der Waals surface area contributed by atoms with E-state index in [1.165, 1.54) is 4.90 Å². The van der Waals surface area contributed by atoms with Crippen molar-refractivity contribution in [2.75, 3.05) is 4.90 Å². The molecule has 210 valence electrons. The normalized spacial score (nSPS) is 16.6. The number of aliphatic imine (C=N–C) groups is 1. The van der Waals surface area contributed by atoms with Gasteiger partial charge < -0.3 is 10.2 Å². The predicted octanol–water partition coefficient (Wildman–Crippen LogP) is 6.39.